The van der Waals surface area contributed by atoms with Gasteiger partial charge in [0.05, 0.1) is 12.2 Å². The molecule has 26 heavy (non-hydrogen) atoms. The number of nitrogens with zero attached hydrogens (tertiary/aromatic N) is 4. The molecule has 150 valence electrons. The number of hydrogen-bond acceptors (Lipinski definition) is 4. The zero-order valence-electron chi connectivity index (χ0n) is 16.7. The van der Waals surface area contributed by atoms with E-state index in [1.165, 1.54) is 37.0 Å². The lowest BCUT2D eigenvalue weighted by Gasteiger charge is -2.31. The zero-order chi connectivity index (χ0) is 18.2. The van der Waals surface area contributed by atoms with Gasteiger partial charge in [-0.05, 0) is 39.1 Å². The van der Waals surface area contributed by atoms with Crippen molar-refractivity contribution in [2.24, 2.45) is 12.0 Å². The number of nitrogens with one attached hydrogen (secondary N) is 2. The molecule has 1 saturated carbocycles. The Morgan fingerprint density at radius 2 is 2.23 bits per heavy atom. The molecule has 2 rings (SSSR count). The molecule has 0 radical (unpaired) electrons. The van der Waals surface area contributed by atoms with Crippen molar-refractivity contribution in [1.29, 1.82) is 0 Å². The van der Waals surface area contributed by atoms with Crippen LogP contribution in [0.4, 0.5) is 0 Å². The molecule has 0 aliphatic heterocycles. The molecule has 0 amide bonds. The fourth-order valence-electron chi connectivity index (χ4n) is 3.46. The van der Waals surface area contributed by atoms with Crippen molar-refractivity contribution in [3.05, 3.63) is 18.0 Å². The van der Waals surface area contributed by atoms with E-state index < -0.39 is 0 Å². The van der Waals surface area contributed by atoms with E-state index in [0.717, 1.165) is 17.8 Å². The Morgan fingerprint density at radius 3 is 2.81 bits per heavy atom. The van der Waals surface area contributed by atoms with Gasteiger partial charge < -0.3 is 15.5 Å². The molecule has 1 fully saturated rings. The molecule has 2 N–H and O–H groups in total. The van der Waals surface area contributed by atoms with E-state index in [-0.39, 0.29) is 30.0 Å². The zero-order valence-corrected chi connectivity index (χ0v) is 19.9. The average molecular weight is 494 g/mol. The van der Waals surface area contributed by atoms with E-state index >= 15 is 0 Å². The fraction of sp³-hybridized carbons (Fsp3) is 0.778. The van der Waals surface area contributed by atoms with Gasteiger partial charge in [0.15, 0.2) is 5.96 Å². The molecule has 0 aromatic carbocycles. The number of rotatable bonds is 7. The smallest absolute Gasteiger partial charge is 0.191 e. The highest BCUT2D eigenvalue weighted by Crippen LogP contribution is 2.28. The number of thioether (sulfide) groups is 1. The van der Waals surface area contributed by atoms with Crippen molar-refractivity contribution in [3.8, 4) is 0 Å². The lowest BCUT2D eigenvalue weighted by atomic mass is 9.95. The summed E-state index contributed by atoms with van der Waals surface area (Å²) in [4.78, 5) is 6.65. The van der Waals surface area contributed by atoms with Crippen LogP contribution in [0.25, 0.3) is 0 Å². The largest absolute Gasteiger partial charge is 0.354 e. The van der Waals surface area contributed by atoms with Gasteiger partial charge in [-0.25, -0.2) is 0 Å². The summed E-state index contributed by atoms with van der Waals surface area (Å²) >= 11 is 2.10. The Hall–Kier alpha value is -0.480. The quantitative estimate of drug-likeness (QED) is 0.347. The topological polar surface area (TPSA) is 57.5 Å². The van der Waals surface area contributed by atoms with Crippen LogP contribution in [0.2, 0.25) is 0 Å². The number of likely N-dealkylation sites (N-methyl/N-ethyl adjacent to an activating group) is 1. The minimum absolute atomic E-state index is 0. The van der Waals surface area contributed by atoms with E-state index in [9.17, 15) is 0 Å². The highest BCUT2D eigenvalue weighted by molar-refractivity contribution is 14.0. The maximum absolute atomic E-state index is 4.43. The Labute approximate surface area is 180 Å². The average Bonchev–Trinajstić information content (AvgIpc) is 3.00. The molecule has 0 bridgehead atoms. The molecule has 1 aliphatic rings. The van der Waals surface area contributed by atoms with Crippen LogP contribution in [0.3, 0.4) is 0 Å². The third-order valence-corrected chi connectivity index (χ3v) is 6.02. The number of aryl methyl sites for hydroxylation is 1. The summed E-state index contributed by atoms with van der Waals surface area (Å²) in [5.41, 5.74) is 1.22. The first-order valence-electron chi connectivity index (χ1n) is 9.27. The van der Waals surface area contributed by atoms with Crippen LogP contribution in [0, 0.1) is 0 Å². The summed E-state index contributed by atoms with van der Waals surface area (Å²) in [5.74, 6) is 2.11. The maximum atomic E-state index is 4.43. The van der Waals surface area contributed by atoms with Crippen LogP contribution < -0.4 is 10.6 Å². The van der Waals surface area contributed by atoms with Gasteiger partial charge in [0.2, 0.25) is 0 Å². The summed E-state index contributed by atoms with van der Waals surface area (Å²) in [6.45, 7) is 3.06. The van der Waals surface area contributed by atoms with Crippen molar-refractivity contribution < 1.29 is 0 Å². The predicted molar refractivity (Wildman–Crippen MR) is 124 cm³/mol. The van der Waals surface area contributed by atoms with Gasteiger partial charge in [-0.3, -0.25) is 9.67 Å². The lowest BCUT2D eigenvalue weighted by Crippen LogP contribution is -2.47. The van der Waals surface area contributed by atoms with Crippen LogP contribution in [0.15, 0.2) is 17.4 Å². The van der Waals surface area contributed by atoms with Gasteiger partial charge in [-0.1, -0.05) is 13.3 Å². The number of hydrogen-bond donors (Lipinski definition) is 2. The van der Waals surface area contributed by atoms with E-state index in [4.69, 9.17) is 0 Å². The fourth-order valence-corrected chi connectivity index (χ4v) is 4.63. The summed E-state index contributed by atoms with van der Waals surface area (Å²) in [6.07, 6.45) is 9.15. The molecule has 0 saturated heterocycles. The SMILES string of the molecule is CCSC1CCCC(NC(=NC)NCC(c2cnn(C)c2)N(C)C)C1.I. The van der Waals surface area contributed by atoms with Crippen molar-refractivity contribution in [3.63, 3.8) is 0 Å². The van der Waals surface area contributed by atoms with Crippen LogP contribution in [-0.4, -0.2) is 65.4 Å². The summed E-state index contributed by atoms with van der Waals surface area (Å²) in [5, 5.41) is 12.2. The van der Waals surface area contributed by atoms with Crippen LogP contribution in [0.1, 0.15) is 44.2 Å². The van der Waals surface area contributed by atoms with Gasteiger partial charge in [0.1, 0.15) is 0 Å². The Kier molecular flexibility index (Phi) is 10.9. The lowest BCUT2D eigenvalue weighted by molar-refractivity contribution is 0.297. The minimum Gasteiger partial charge on any atom is -0.354 e. The number of aliphatic imine (C=N–C) groups is 1. The highest BCUT2D eigenvalue weighted by atomic mass is 127. The second-order valence-corrected chi connectivity index (χ2v) is 8.54. The van der Waals surface area contributed by atoms with Gasteiger partial charge >= 0.3 is 0 Å². The molecule has 1 heterocycles. The molecule has 3 unspecified atom stereocenters. The monoisotopic (exact) mass is 494 g/mol. The summed E-state index contributed by atoms with van der Waals surface area (Å²) < 4.78 is 1.85. The van der Waals surface area contributed by atoms with Crippen molar-refractivity contribution in [2.75, 3.05) is 33.4 Å². The van der Waals surface area contributed by atoms with E-state index in [2.05, 4.69) is 64.6 Å². The molecule has 0 spiro atoms. The molecule has 8 heteroatoms. The van der Waals surface area contributed by atoms with Crippen molar-refractivity contribution in [1.82, 2.24) is 25.3 Å². The van der Waals surface area contributed by atoms with Crippen molar-refractivity contribution >= 4 is 41.7 Å². The molecule has 1 aromatic rings. The Morgan fingerprint density at radius 1 is 1.46 bits per heavy atom. The second kappa shape index (κ2) is 12.1. The Bertz CT molecular complexity index is 546. The first-order chi connectivity index (χ1) is 12.0. The van der Waals surface area contributed by atoms with Crippen LogP contribution in [0.5, 0.6) is 0 Å². The normalized spacial score (nSPS) is 22.0. The first kappa shape index (κ1) is 23.6. The van der Waals surface area contributed by atoms with Gasteiger partial charge in [-0.2, -0.15) is 16.9 Å². The molecular formula is C18H35IN6S. The highest BCUT2D eigenvalue weighted by Gasteiger charge is 2.23. The van der Waals surface area contributed by atoms with E-state index in [1.54, 1.807) is 0 Å². The Balaban J connectivity index is 0.00000338. The summed E-state index contributed by atoms with van der Waals surface area (Å²) in [7, 11) is 8.01. The maximum Gasteiger partial charge on any atom is 0.191 e. The molecule has 1 aliphatic carbocycles. The second-order valence-electron chi connectivity index (χ2n) is 6.97. The number of halogens is 1. The van der Waals surface area contributed by atoms with E-state index in [1.807, 2.05) is 25.0 Å². The molecular weight excluding hydrogens is 459 g/mol. The number of guanidine groups is 1. The van der Waals surface area contributed by atoms with Crippen molar-refractivity contribution in [2.45, 2.75) is 49.9 Å². The molecule has 6 nitrogen and oxygen atoms in total. The molecule has 3 atom stereocenters. The van der Waals surface area contributed by atoms with Gasteiger partial charge in [0, 0.05) is 43.7 Å². The third-order valence-electron chi connectivity index (χ3n) is 4.79. The number of aromatic nitrogens is 2. The van der Waals surface area contributed by atoms with Crippen LogP contribution >= 0.6 is 35.7 Å². The predicted octanol–water partition coefficient (Wildman–Crippen LogP) is 2.87. The third kappa shape index (κ3) is 7.26. The van der Waals surface area contributed by atoms with E-state index in [0.29, 0.717) is 6.04 Å². The molecule has 1 aromatic heterocycles. The first-order valence-corrected chi connectivity index (χ1v) is 10.3. The van der Waals surface area contributed by atoms with Gasteiger partial charge in [-0.15, -0.1) is 24.0 Å². The summed E-state index contributed by atoms with van der Waals surface area (Å²) in [6, 6.07) is 0.794. The standard InChI is InChI=1S/C18H34N6S.HI/c1-6-25-16-9-7-8-15(10-16)22-18(19-2)20-12-17(23(3)4)14-11-21-24(5)13-14;/h11,13,15-17H,6-10,12H2,1-5H3,(H2,19,20,22);1H. The van der Waals surface area contributed by atoms with Crippen LogP contribution in [-0.2, 0) is 7.05 Å². The minimum atomic E-state index is 0. The van der Waals surface area contributed by atoms with Gasteiger partial charge in [0.25, 0.3) is 0 Å².